The van der Waals surface area contributed by atoms with Gasteiger partial charge in [0.25, 0.3) is 0 Å². The summed E-state index contributed by atoms with van der Waals surface area (Å²) in [7, 11) is 0. The van der Waals surface area contributed by atoms with Crippen molar-refractivity contribution in [3.05, 3.63) is 11.4 Å². The van der Waals surface area contributed by atoms with E-state index in [2.05, 4.69) is 27.6 Å². The van der Waals surface area contributed by atoms with Crippen LogP contribution in [0.4, 0.5) is 11.6 Å². The number of nitrogen functional groups attached to an aromatic ring is 1. The maximum Gasteiger partial charge on any atom is 0.148 e. The Morgan fingerprint density at radius 3 is 2.61 bits per heavy atom. The van der Waals surface area contributed by atoms with Gasteiger partial charge in [0.05, 0.1) is 12.1 Å². The highest BCUT2D eigenvalue weighted by molar-refractivity contribution is 5.57. The van der Waals surface area contributed by atoms with Crippen molar-refractivity contribution >= 4 is 11.6 Å². The maximum atomic E-state index is 5.54. The molecule has 4 N–H and O–H groups in total. The van der Waals surface area contributed by atoms with Crippen LogP contribution in [-0.4, -0.2) is 28.7 Å². The van der Waals surface area contributed by atoms with Crippen LogP contribution in [0.25, 0.3) is 0 Å². The third-order valence-electron chi connectivity index (χ3n) is 3.25. The number of aryl methyl sites for hydroxylation is 1. The summed E-state index contributed by atoms with van der Waals surface area (Å²) < 4.78 is 5.54. The summed E-state index contributed by atoms with van der Waals surface area (Å²) in [6, 6.07) is 0. The van der Waals surface area contributed by atoms with Crippen LogP contribution < -0.4 is 16.6 Å². The van der Waals surface area contributed by atoms with Crippen molar-refractivity contribution in [2.24, 2.45) is 5.84 Å². The second-order valence-electron chi connectivity index (χ2n) is 5.08. The molecule has 2 rings (SSSR count). The zero-order valence-electron chi connectivity index (χ0n) is 11.2. The zero-order chi connectivity index (χ0) is 13.2. The number of nitrogens with one attached hydrogen (secondary N) is 2. The average Bonchev–Trinajstić information content (AvgIpc) is 2.34. The van der Waals surface area contributed by atoms with Crippen LogP contribution >= 0.6 is 0 Å². The third-order valence-corrected chi connectivity index (χ3v) is 3.25. The van der Waals surface area contributed by atoms with Gasteiger partial charge in [-0.05, 0) is 33.6 Å². The molecule has 1 aliphatic rings. The second-order valence-corrected chi connectivity index (χ2v) is 5.08. The lowest BCUT2D eigenvalue weighted by Gasteiger charge is -2.35. The van der Waals surface area contributed by atoms with Crippen molar-refractivity contribution < 1.29 is 4.74 Å². The first kappa shape index (κ1) is 13.0. The zero-order valence-corrected chi connectivity index (χ0v) is 11.2. The van der Waals surface area contributed by atoms with Crippen LogP contribution in [0, 0.1) is 13.8 Å². The number of hydrogen-bond donors (Lipinski definition) is 3. The van der Waals surface area contributed by atoms with E-state index >= 15 is 0 Å². The summed E-state index contributed by atoms with van der Waals surface area (Å²) in [6.45, 7) is 7.49. The summed E-state index contributed by atoms with van der Waals surface area (Å²) in [5.41, 5.74) is 3.46. The SMILES string of the molecule is Cc1nc(NN)c(C)c(NC2(C)CCCOC2)n1. The largest absolute Gasteiger partial charge is 0.379 e. The summed E-state index contributed by atoms with van der Waals surface area (Å²) in [5, 5.41) is 3.47. The van der Waals surface area contributed by atoms with Crippen molar-refractivity contribution in [3.63, 3.8) is 0 Å². The summed E-state index contributed by atoms with van der Waals surface area (Å²) in [6.07, 6.45) is 2.13. The van der Waals surface area contributed by atoms with Gasteiger partial charge < -0.3 is 15.5 Å². The molecule has 0 saturated carbocycles. The van der Waals surface area contributed by atoms with E-state index in [4.69, 9.17) is 10.6 Å². The van der Waals surface area contributed by atoms with Gasteiger partial charge >= 0.3 is 0 Å². The number of anilines is 2. The van der Waals surface area contributed by atoms with Crippen molar-refractivity contribution in [3.8, 4) is 0 Å². The van der Waals surface area contributed by atoms with E-state index in [0.29, 0.717) is 18.2 Å². The fourth-order valence-corrected chi connectivity index (χ4v) is 2.21. The van der Waals surface area contributed by atoms with E-state index in [-0.39, 0.29) is 5.54 Å². The van der Waals surface area contributed by atoms with Gasteiger partial charge in [0.1, 0.15) is 17.5 Å². The number of rotatable bonds is 3. The fraction of sp³-hybridized carbons (Fsp3) is 0.667. The second kappa shape index (κ2) is 5.07. The van der Waals surface area contributed by atoms with Gasteiger partial charge in [-0.2, -0.15) is 0 Å². The Labute approximate surface area is 107 Å². The van der Waals surface area contributed by atoms with Crippen LogP contribution in [-0.2, 0) is 4.74 Å². The van der Waals surface area contributed by atoms with E-state index in [1.807, 2.05) is 13.8 Å². The van der Waals surface area contributed by atoms with Gasteiger partial charge in [-0.15, -0.1) is 0 Å². The number of nitrogens with zero attached hydrogens (tertiary/aromatic N) is 2. The number of hydrazine groups is 1. The molecule has 1 aromatic heterocycles. The van der Waals surface area contributed by atoms with Crippen molar-refractivity contribution in [1.82, 2.24) is 9.97 Å². The lowest BCUT2D eigenvalue weighted by atomic mass is 9.95. The van der Waals surface area contributed by atoms with Crippen LogP contribution in [0.1, 0.15) is 31.2 Å². The normalized spacial score (nSPS) is 23.8. The standard InChI is InChI=1S/C12H21N5O/c1-8-10(14-9(2)15-11(8)17-13)16-12(3)5-4-6-18-7-12/h4-7,13H2,1-3H3,(H2,14,15,16,17). The first-order valence-corrected chi connectivity index (χ1v) is 6.22. The number of nitrogens with two attached hydrogens (primary N) is 1. The molecule has 0 radical (unpaired) electrons. The van der Waals surface area contributed by atoms with E-state index in [9.17, 15) is 0 Å². The van der Waals surface area contributed by atoms with Crippen LogP contribution in [0.3, 0.4) is 0 Å². The van der Waals surface area contributed by atoms with Crippen LogP contribution in [0.5, 0.6) is 0 Å². The minimum atomic E-state index is -0.0737. The molecule has 0 bridgehead atoms. The molecule has 6 heteroatoms. The third kappa shape index (κ3) is 2.70. The summed E-state index contributed by atoms with van der Waals surface area (Å²) in [5.74, 6) is 7.63. The van der Waals surface area contributed by atoms with E-state index in [1.54, 1.807) is 0 Å². The fourth-order valence-electron chi connectivity index (χ4n) is 2.21. The molecule has 1 saturated heterocycles. The van der Waals surface area contributed by atoms with Crippen molar-refractivity contribution in [2.75, 3.05) is 24.0 Å². The Balaban J connectivity index is 2.25. The topological polar surface area (TPSA) is 85.1 Å². The van der Waals surface area contributed by atoms with Crippen molar-refractivity contribution in [2.45, 2.75) is 39.2 Å². The van der Waals surface area contributed by atoms with Crippen LogP contribution in [0.15, 0.2) is 0 Å². The van der Waals surface area contributed by atoms with E-state index < -0.39 is 0 Å². The molecule has 0 amide bonds. The molecule has 1 aromatic rings. The summed E-state index contributed by atoms with van der Waals surface area (Å²) in [4.78, 5) is 8.70. The summed E-state index contributed by atoms with van der Waals surface area (Å²) >= 11 is 0. The Morgan fingerprint density at radius 2 is 2.00 bits per heavy atom. The molecular weight excluding hydrogens is 230 g/mol. The van der Waals surface area contributed by atoms with E-state index in [0.717, 1.165) is 30.8 Å². The molecule has 18 heavy (non-hydrogen) atoms. The minimum Gasteiger partial charge on any atom is -0.379 e. The van der Waals surface area contributed by atoms with Gasteiger partial charge in [0, 0.05) is 12.2 Å². The molecule has 1 fully saturated rings. The predicted octanol–water partition coefficient (Wildman–Crippen LogP) is 1.36. The molecule has 1 atom stereocenters. The Hall–Kier alpha value is -1.40. The molecule has 0 spiro atoms. The Morgan fingerprint density at radius 1 is 1.28 bits per heavy atom. The molecule has 6 nitrogen and oxygen atoms in total. The number of hydrogen-bond acceptors (Lipinski definition) is 6. The average molecular weight is 251 g/mol. The highest BCUT2D eigenvalue weighted by atomic mass is 16.5. The lowest BCUT2D eigenvalue weighted by molar-refractivity contribution is 0.0538. The smallest absolute Gasteiger partial charge is 0.148 e. The van der Waals surface area contributed by atoms with Crippen LogP contribution in [0.2, 0.25) is 0 Å². The monoisotopic (exact) mass is 251 g/mol. The van der Waals surface area contributed by atoms with Gasteiger partial charge in [-0.1, -0.05) is 0 Å². The van der Waals surface area contributed by atoms with Gasteiger partial charge in [0.2, 0.25) is 0 Å². The Bertz CT molecular complexity index is 429. The lowest BCUT2D eigenvalue weighted by Crippen LogP contribution is -2.43. The number of aromatic nitrogens is 2. The van der Waals surface area contributed by atoms with Gasteiger partial charge in [-0.3, -0.25) is 0 Å². The Kier molecular flexibility index (Phi) is 3.68. The van der Waals surface area contributed by atoms with Gasteiger partial charge in [0.15, 0.2) is 0 Å². The highest BCUT2D eigenvalue weighted by Crippen LogP contribution is 2.27. The first-order chi connectivity index (χ1) is 8.54. The molecule has 1 aliphatic heterocycles. The molecule has 100 valence electrons. The van der Waals surface area contributed by atoms with E-state index in [1.165, 1.54) is 0 Å². The molecule has 1 unspecified atom stereocenters. The highest BCUT2D eigenvalue weighted by Gasteiger charge is 2.28. The molecule has 0 aromatic carbocycles. The molecular formula is C12H21N5O. The predicted molar refractivity (Wildman–Crippen MR) is 71.4 cm³/mol. The minimum absolute atomic E-state index is 0.0737. The molecule has 0 aliphatic carbocycles. The maximum absolute atomic E-state index is 5.54. The van der Waals surface area contributed by atoms with Crippen molar-refractivity contribution in [1.29, 1.82) is 0 Å². The first-order valence-electron chi connectivity index (χ1n) is 6.22. The number of ether oxygens (including phenoxy) is 1. The van der Waals surface area contributed by atoms with Gasteiger partial charge in [-0.25, -0.2) is 15.8 Å². The quantitative estimate of drug-likeness (QED) is 0.555. The molecule has 2 heterocycles.